The number of carbonyl (C=O) groups excluding carboxylic acids is 2. The first-order valence-electron chi connectivity index (χ1n) is 8.52. The molecule has 1 aliphatic rings. The van der Waals surface area contributed by atoms with Gasteiger partial charge in [-0.15, -0.1) is 0 Å². The molecular formula is C18H24Cl2N2O3. The van der Waals surface area contributed by atoms with Crippen LogP contribution >= 0.6 is 23.2 Å². The Bertz CT molecular complexity index is 587. The molecule has 2 amide bonds. The van der Waals surface area contributed by atoms with E-state index in [1.165, 1.54) is 0 Å². The van der Waals surface area contributed by atoms with Crippen LogP contribution in [-0.2, 0) is 9.59 Å². The van der Waals surface area contributed by atoms with Gasteiger partial charge < -0.3 is 15.0 Å². The molecule has 0 aliphatic carbocycles. The Morgan fingerprint density at radius 3 is 2.60 bits per heavy atom. The third-order valence-electron chi connectivity index (χ3n) is 4.28. The predicted octanol–water partition coefficient (Wildman–Crippen LogP) is 3.06. The van der Waals surface area contributed by atoms with Crippen LogP contribution in [-0.4, -0.2) is 47.3 Å². The lowest BCUT2D eigenvalue weighted by atomic mass is 10.0. The zero-order valence-corrected chi connectivity index (χ0v) is 15.9. The fraction of sp³-hybridized carbons (Fsp3) is 0.556. The molecule has 1 N–H and O–H groups in total. The van der Waals surface area contributed by atoms with Crippen LogP contribution in [0.1, 0.15) is 31.2 Å². The maximum atomic E-state index is 12.3. The molecule has 0 aromatic heterocycles. The van der Waals surface area contributed by atoms with Crippen molar-refractivity contribution in [3.8, 4) is 5.75 Å². The van der Waals surface area contributed by atoms with Gasteiger partial charge in [-0.2, -0.15) is 0 Å². The number of nitrogens with zero attached hydrogens (tertiary/aromatic N) is 1. The summed E-state index contributed by atoms with van der Waals surface area (Å²) < 4.78 is 5.71. The second kappa shape index (κ2) is 9.88. The number of likely N-dealkylation sites (tertiary alicyclic amines) is 1. The SMILES string of the molecule is Cc1ccccc1OCCCC(=O)N1CCC(NC(=O)C(Cl)Cl)CC1. The van der Waals surface area contributed by atoms with Gasteiger partial charge in [-0.3, -0.25) is 9.59 Å². The molecule has 0 radical (unpaired) electrons. The van der Waals surface area contributed by atoms with Crippen LogP contribution in [0.4, 0.5) is 0 Å². The Hall–Kier alpha value is -1.46. The molecule has 0 saturated carbocycles. The summed E-state index contributed by atoms with van der Waals surface area (Å²) in [6.07, 6.45) is 2.59. The van der Waals surface area contributed by atoms with Gasteiger partial charge in [-0.1, -0.05) is 41.4 Å². The number of nitrogens with one attached hydrogen (secondary N) is 1. The molecule has 1 heterocycles. The van der Waals surface area contributed by atoms with Crippen LogP contribution in [0.2, 0.25) is 0 Å². The number of halogens is 2. The van der Waals surface area contributed by atoms with E-state index in [1.807, 2.05) is 36.1 Å². The largest absolute Gasteiger partial charge is 0.493 e. The molecule has 7 heteroatoms. The number of piperidine rings is 1. The molecule has 0 atom stereocenters. The van der Waals surface area contributed by atoms with Gasteiger partial charge in [0, 0.05) is 25.6 Å². The highest BCUT2D eigenvalue weighted by molar-refractivity contribution is 6.53. The molecule has 0 bridgehead atoms. The zero-order valence-electron chi connectivity index (χ0n) is 14.3. The van der Waals surface area contributed by atoms with Crippen molar-refractivity contribution in [1.29, 1.82) is 0 Å². The van der Waals surface area contributed by atoms with Gasteiger partial charge in [0.1, 0.15) is 5.75 Å². The molecule has 1 saturated heterocycles. The number of hydrogen-bond donors (Lipinski definition) is 1. The quantitative estimate of drug-likeness (QED) is 0.578. The van der Waals surface area contributed by atoms with Gasteiger partial charge in [0.15, 0.2) is 4.84 Å². The van der Waals surface area contributed by atoms with Crippen LogP contribution in [0.15, 0.2) is 24.3 Å². The molecule has 25 heavy (non-hydrogen) atoms. The van der Waals surface area contributed by atoms with Crippen molar-refractivity contribution in [3.05, 3.63) is 29.8 Å². The molecule has 5 nitrogen and oxygen atoms in total. The minimum atomic E-state index is -1.05. The topological polar surface area (TPSA) is 58.6 Å². The molecule has 138 valence electrons. The van der Waals surface area contributed by atoms with Crippen molar-refractivity contribution < 1.29 is 14.3 Å². The second-order valence-corrected chi connectivity index (χ2v) is 7.28. The maximum Gasteiger partial charge on any atom is 0.253 e. The number of hydrogen-bond acceptors (Lipinski definition) is 3. The van der Waals surface area contributed by atoms with E-state index in [0.717, 1.165) is 24.2 Å². The highest BCUT2D eigenvalue weighted by Crippen LogP contribution is 2.17. The van der Waals surface area contributed by atoms with Crippen LogP contribution in [0.3, 0.4) is 0 Å². The van der Waals surface area contributed by atoms with Crippen LogP contribution in [0.25, 0.3) is 0 Å². The third-order valence-corrected chi connectivity index (χ3v) is 4.67. The van der Waals surface area contributed by atoms with Crippen molar-refractivity contribution in [2.24, 2.45) is 0 Å². The van der Waals surface area contributed by atoms with Crippen molar-refractivity contribution >= 4 is 35.0 Å². The minimum Gasteiger partial charge on any atom is -0.493 e. The normalized spacial score (nSPS) is 15.3. The van der Waals surface area contributed by atoms with E-state index in [-0.39, 0.29) is 17.9 Å². The fourth-order valence-electron chi connectivity index (χ4n) is 2.82. The average molecular weight is 387 g/mol. The molecule has 1 fully saturated rings. The monoisotopic (exact) mass is 386 g/mol. The van der Waals surface area contributed by atoms with Crippen LogP contribution < -0.4 is 10.1 Å². The number of ether oxygens (including phenoxy) is 1. The van der Waals surface area contributed by atoms with Crippen molar-refractivity contribution in [2.75, 3.05) is 19.7 Å². The summed E-state index contributed by atoms with van der Waals surface area (Å²) in [5.74, 6) is 0.621. The molecule has 2 rings (SSSR count). The Balaban J connectivity index is 1.64. The van der Waals surface area contributed by atoms with Gasteiger partial charge in [0.25, 0.3) is 5.91 Å². The zero-order chi connectivity index (χ0) is 18.2. The van der Waals surface area contributed by atoms with Crippen molar-refractivity contribution in [2.45, 2.75) is 43.5 Å². The molecular weight excluding hydrogens is 363 g/mol. The summed E-state index contributed by atoms with van der Waals surface area (Å²) in [5, 5.41) is 2.79. The lowest BCUT2D eigenvalue weighted by molar-refractivity contribution is -0.132. The summed E-state index contributed by atoms with van der Waals surface area (Å²) in [6.45, 7) is 3.80. The number of rotatable bonds is 7. The molecule has 1 aromatic rings. The molecule has 0 spiro atoms. The Kier molecular flexibility index (Phi) is 7.85. The number of alkyl halides is 2. The average Bonchev–Trinajstić information content (AvgIpc) is 2.60. The third kappa shape index (κ3) is 6.40. The Labute approximate surface area is 158 Å². The Morgan fingerprint density at radius 2 is 1.96 bits per heavy atom. The van der Waals surface area contributed by atoms with E-state index in [1.54, 1.807) is 0 Å². The van der Waals surface area contributed by atoms with Gasteiger partial charge >= 0.3 is 0 Å². The van der Waals surface area contributed by atoms with Gasteiger partial charge in [0.05, 0.1) is 6.61 Å². The lowest BCUT2D eigenvalue weighted by Crippen LogP contribution is -2.47. The van der Waals surface area contributed by atoms with Crippen molar-refractivity contribution in [3.63, 3.8) is 0 Å². The van der Waals surface area contributed by atoms with E-state index in [2.05, 4.69) is 5.32 Å². The molecule has 0 unspecified atom stereocenters. The first-order valence-corrected chi connectivity index (χ1v) is 9.39. The van der Waals surface area contributed by atoms with Crippen LogP contribution in [0.5, 0.6) is 5.75 Å². The summed E-state index contributed by atoms with van der Waals surface area (Å²) >= 11 is 11.1. The maximum absolute atomic E-state index is 12.3. The van der Waals surface area contributed by atoms with Crippen LogP contribution in [0, 0.1) is 6.92 Å². The first kappa shape index (κ1) is 19.9. The second-order valence-electron chi connectivity index (χ2n) is 6.18. The minimum absolute atomic E-state index is 0.0286. The number of para-hydroxylation sites is 1. The molecule has 1 aromatic carbocycles. The van der Waals surface area contributed by atoms with Gasteiger partial charge in [0.2, 0.25) is 5.91 Å². The summed E-state index contributed by atoms with van der Waals surface area (Å²) in [6, 6.07) is 7.87. The first-order chi connectivity index (χ1) is 12.0. The highest BCUT2D eigenvalue weighted by Gasteiger charge is 2.24. The lowest BCUT2D eigenvalue weighted by Gasteiger charge is -2.32. The summed E-state index contributed by atoms with van der Waals surface area (Å²) in [4.78, 5) is 24.5. The number of aryl methyl sites for hydroxylation is 1. The summed E-state index contributed by atoms with van der Waals surface area (Å²) in [5.41, 5.74) is 1.09. The number of amides is 2. The van der Waals surface area contributed by atoms with E-state index < -0.39 is 4.84 Å². The summed E-state index contributed by atoms with van der Waals surface area (Å²) in [7, 11) is 0. The Morgan fingerprint density at radius 1 is 1.28 bits per heavy atom. The van der Waals surface area contributed by atoms with E-state index in [9.17, 15) is 9.59 Å². The van der Waals surface area contributed by atoms with E-state index in [4.69, 9.17) is 27.9 Å². The number of carbonyl (C=O) groups is 2. The number of benzene rings is 1. The van der Waals surface area contributed by atoms with Gasteiger partial charge in [-0.05, 0) is 37.8 Å². The standard InChI is InChI=1S/C18H24Cl2N2O3/c1-13-5-2-3-6-15(13)25-12-4-7-16(23)22-10-8-14(9-11-22)21-18(24)17(19)20/h2-3,5-6,14,17H,4,7-12H2,1H3,(H,21,24). The smallest absolute Gasteiger partial charge is 0.253 e. The van der Waals surface area contributed by atoms with E-state index >= 15 is 0 Å². The highest BCUT2D eigenvalue weighted by atomic mass is 35.5. The van der Waals surface area contributed by atoms with Crippen molar-refractivity contribution in [1.82, 2.24) is 10.2 Å². The predicted molar refractivity (Wildman–Crippen MR) is 99.1 cm³/mol. The van der Waals surface area contributed by atoms with E-state index in [0.29, 0.717) is 32.5 Å². The van der Waals surface area contributed by atoms with Gasteiger partial charge in [-0.25, -0.2) is 0 Å². The fourth-order valence-corrected chi connectivity index (χ4v) is 2.95. The molecule has 1 aliphatic heterocycles.